The number of rotatable bonds is 6. The Morgan fingerprint density at radius 2 is 2.22 bits per heavy atom. The van der Waals surface area contributed by atoms with Crippen LogP contribution in [-0.2, 0) is 0 Å². The average molecular weight is 251 g/mol. The van der Waals surface area contributed by atoms with E-state index in [0.717, 1.165) is 12.4 Å². The maximum atomic E-state index is 11.5. The maximum absolute atomic E-state index is 11.5. The van der Waals surface area contributed by atoms with Crippen molar-refractivity contribution < 1.29 is 4.79 Å². The van der Waals surface area contributed by atoms with Crippen molar-refractivity contribution in [3.8, 4) is 0 Å². The van der Waals surface area contributed by atoms with Crippen LogP contribution in [0.3, 0.4) is 0 Å². The molecule has 1 atom stereocenters. The van der Waals surface area contributed by atoms with Crippen molar-refractivity contribution >= 4 is 11.7 Å². The summed E-state index contributed by atoms with van der Waals surface area (Å²) in [6.45, 7) is 5.96. The van der Waals surface area contributed by atoms with Crippen LogP contribution in [0.5, 0.6) is 0 Å². The van der Waals surface area contributed by atoms with Crippen molar-refractivity contribution in [1.82, 2.24) is 15.5 Å². The quantitative estimate of drug-likeness (QED) is 0.757. The summed E-state index contributed by atoms with van der Waals surface area (Å²) in [5.41, 5.74) is 5.91. The monoisotopic (exact) mass is 251 g/mol. The van der Waals surface area contributed by atoms with Crippen LogP contribution in [0.2, 0.25) is 0 Å². The molecule has 1 heterocycles. The first-order chi connectivity index (χ1) is 8.58. The van der Waals surface area contributed by atoms with Gasteiger partial charge in [-0.2, -0.15) is 0 Å². The van der Waals surface area contributed by atoms with Gasteiger partial charge in [0.2, 0.25) is 0 Å². The summed E-state index contributed by atoms with van der Waals surface area (Å²) < 4.78 is 0. The summed E-state index contributed by atoms with van der Waals surface area (Å²) in [4.78, 5) is 13.5. The van der Waals surface area contributed by atoms with Crippen LogP contribution in [0.25, 0.3) is 0 Å². The van der Waals surface area contributed by atoms with Gasteiger partial charge in [-0.05, 0) is 31.5 Å². The number of hydrogen-bond acceptors (Lipinski definition) is 5. The maximum Gasteiger partial charge on any atom is 0.271 e. The van der Waals surface area contributed by atoms with Gasteiger partial charge in [0, 0.05) is 20.1 Å². The molecule has 0 radical (unpaired) electrons. The third-order valence-corrected chi connectivity index (χ3v) is 2.60. The summed E-state index contributed by atoms with van der Waals surface area (Å²) in [7, 11) is 1.93. The first-order valence-electron chi connectivity index (χ1n) is 6.11. The molecule has 1 aromatic rings. The number of carbonyl (C=O) groups excluding carboxylic acids is 1. The zero-order chi connectivity index (χ0) is 13.5. The molecule has 0 aliphatic heterocycles. The number of carbonyl (C=O) groups is 1. The Labute approximate surface area is 108 Å². The third-order valence-electron chi connectivity index (χ3n) is 2.60. The summed E-state index contributed by atoms with van der Waals surface area (Å²) in [5.74, 6) is 0.928. The molecule has 0 saturated heterocycles. The summed E-state index contributed by atoms with van der Waals surface area (Å²) >= 11 is 0. The highest BCUT2D eigenvalue weighted by Gasteiger charge is 2.10. The van der Waals surface area contributed by atoms with Crippen LogP contribution in [0.4, 0.5) is 5.82 Å². The second-order valence-corrected chi connectivity index (χ2v) is 4.36. The van der Waals surface area contributed by atoms with E-state index in [0.29, 0.717) is 24.7 Å². The Hall–Kier alpha value is -1.69. The summed E-state index contributed by atoms with van der Waals surface area (Å²) in [6.07, 6.45) is 0. The van der Waals surface area contributed by atoms with E-state index in [2.05, 4.69) is 22.4 Å². The van der Waals surface area contributed by atoms with Crippen LogP contribution in [0.15, 0.2) is 12.1 Å². The van der Waals surface area contributed by atoms with E-state index in [1.54, 1.807) is 12.1 Å². The van der Waals surface area contributed by atoms with E-state index in [-0.39, 0.29) is 5.91 Å². The SMILES string of the molecule is CCNC(=O)c1ccc(N(C)CC(C)CN)nn1. The number of nitrogens with zero attached hydrogens (tertiary/aromatic N) is 3. The van der Waals surface area contributed by atoms with E-state index in [1.807, 2.05) is 18.9 Å². The highest BCUT2D eigenvalue weighted by molar-refractivity contribution is 5.92. The molecule has 0 fully saturated rings. The molecule has 1 unspecified atom stereocenters. The lowest BCUT2D eigenvalue weighted by Gasteiger charge is -2.20. The van der Waals surface area contributed by atoms with Crippen molar-refractivity contribution in [3.63, 3.8) is 0 Å². The Kier molecular flexibility index (Phi) is 5.51. The minimum absolute atomic E-state index is 0.200. The van der Waals surface area contributed by atoms with Gasteiger partial charge < -0.3 is 16.0 Å². The fourth-order valence-corrected chi connectivity index (χ4v) is 1.54. The van der Waals surface area contributed by atoms with E-state index >= 15 is 0 Å². The van der Waals surface area contributed by atoms with Gasteiger partial charge in [-0.25, -0.2) is 0 Å². The van der Waals surface area contributed by atoms with Gasteiger partial charge in [0.05, 0.1) is 0 Å². The van der Waals surface area contributed by atoms with Crippen LogP contribution in [-0.4, -0.2) is 42.8 Å². The van der Waals surface area contributed by atoms with Crippen LogP contribution < -0.4 is 16.0 Å². The zero-order valence-electron chi connectivity index (χ0n) is 11.2. The second-order valence-electron chi connectivity index (χ2n) is 4.36. The molecule has 3 N–H and O–H groups in total. The molecule has 1 rings (SSSR count). The molecule has 6 heteroatoms. The third kappa shape index (κ3) is 3.96. The van der Waals surface area contributed by atoms with Gasteiger partial charge in [0.15, 0.2) is 11.5 Å². The van der Waals surface area contributed by atoms with Gasteiger partial charge in [0.1, 0.15) is 0 Å². The predicted molar refractivity (Wildman–Crippen MR) is 71.5 cm³/mol. The molecule has 18 heavy (non-hydrogen) atoms. The molecule has 1 amide bonds. The minimum atomic E-state index is -0.200. The van der Waals surface area contributed by atoms with Crippen molar-refractivity contribution in [2.24, 2.45) is 11.7 Å². The van der Waals surface area contributed by atoms with Crippen molar-refractivity contribution in [2.75, 3.05) is 31.6 Å². The molecule has 1 aromatic heterocycles. The average Bonchev–Trinajstić information content (AvgIpc) is 2.39. The summed E-state index contributed by atoms with van der Waals surface area (Å²) in [5, 5.41) is 10.6. The molecule has 0 bridgehead atoms. The molecule has 6 nitrogen and oxygen atoms in total. The Balaban J connectivity index is 2.67. The number of nitrogens with two attached hydrogens (primary N) is 1. The topological polar surface area (TPSA) is 84.1 Å². The van der Waals surface area contributed by atoms with Crippen LogP contribution >= 0.6 is 0 Å². The Morgan fingerprint density at radius 3 is 2.72 bits per heavy atom. The molecule has 100 valence electrons. The fraction of sp³-hybridized carbons (Fsp3) is 0.583. The Bertz CT molecular complexity index is 379. The van der Waals surface area contributed by atoms with Gasteiger partial charge in [-0.3, -0.25) is 4.79 Å². The van der Waals surface area contributed by atoms with E-state index < -0.39 is 0 Å². The lowest BCUT2D eigenvalue weighted by molar-refractivity contribution is 0.0950. The fourth-order valence-electron chi connectivity index (χ4n) is 1.54. The van der Waals surface area contributed by atoms with E-state index in [4.69, 9.17) is 5.73 Å². The molecule has 0 saturated carbocycles. The molecule has 0 aliphatic rings. The van der Waals surface area contributed by atoms with Crippen molar-refractivity contribution in [3.05, 3.63) is 17.8 Å². The number of anilines is 1. The van der Waals surface area contributed by atoms with Crippen LogP contribution in [0, 0.1) is 5.92 Å². The predicted octanol–water partition coefficient (Wildman–Crippen LogP) is 0.257. The van der Waals surface area contributed by atoms with E-state index in [9.17, 15) is 4.79 Å². The normalized spacial score (nSPS) is 12.0. The Morgan fingerprint density at radius 1 is 1.50 bits per heavy atom. The van der Waals surface area contributed by atoms with Gasteiger partial charge in [0.25, 0.3) is 5.91 Å². The van der Waals surface area contributed by atoms with Gasteiger partial charge in [-0.15, -0.1) is 10.2 Å². The lowest BCUT2D eigenvalue weighted by Crippen LogP contribution is -2.29. The number of nitrogens with one attached hydrogen (secondary N) is 1. The largest absolute Gasteiger partial charge is 0.358 e. The lowest BCUT2D eigenvalue weighted by atomic mass is 10.2. The molecule has 0 spiro atoms. The van der Waals surface area contributed by atoms with Gasteiger partial charge >= 0.3 is 0 Å². The first kappa shape index (κ1) is 14.4. The number of aromatic nitrogens is 2. The van der Waals surface area contributed by atoms with Crippen LogP contribution in [0.1, 0.15) is 24.3 Å². The highest BCUT2D eigenvalue weighted by atomic mass is 16.1. The summed E-state index contributed by atoms with van der Waals surface area (Å²) in [6, 6.07) is 3.47. The minimum Gasteiger partial charge on any atom is -0.358 e. The first-order valence-corrected chi connectivity index (χ1v) is 6.11. The van der Waals surface area contributed by atoms with Gasteiger partial charge in [-0.1, -0.05) is 6.92 Å². The number of amides is 1. The van der Waals surface area contributed by atoms with Crippen molar-refractivity contribution in [1.29, 1.82) is 0 Å². The van der Waals surface area contributed by atoms with E-state index in [1.165, 1.54) is 0 Å². The smallest absolute Gasteiger partial charge is 0.271 e. The zero-order valence-corrected chi connectivity index (χ0v) is 11.2. The molecular weight excluding hydrogens is 230 g/mol. The molecular formula is C12H21N5O. The van der Waals surface area contributed by atoms with Crippen molar-refractivity contribution in [2.45, 2.75) is 13.8 Å². The molecule has 0 aromatic carbocycles. The second kappa shape index (κ2) is 6.90. The highest BCUT2D eigenvalue weighted by Crippen LogP contribution is 2.09. The number of hydrogen-bond donors (Lipinski definition) is 2. The molecule has 0 aliphatic carbocycles. The standard InChI is InChI=1S/C12H21N5O/c1-4-14-12(18)10-5-6-11(16-15-10)17(3)8-9(2)7-13/h5-6,9H,4,7-8,13H2,1-3H3,(H,14,18).